The summed E-state index contributed by atoms with van der Waals surface area (Å²) in [6, 6.07) is 1.62. The predicted molar refractivity (Wildman–Crippen MR) is 68.0 cm³/mol. The second-order valence-corrected chi connectivity index (χ2v) is 5.75. The zero-order chi connectivity index (χ0) is 12.9. The lowest BCUT2D eigenvalue weighted by molar-refractivity contribution is 0.205. The van der Waals surface area contributed by atoms with Crippen molar-refractivity contribution in [1.82, 2.24) is 9.97 Å². The molecule has 0 spiro atoms. The topological polar surface area (TPSA) is 44.2 Å². The SMILES string of the molecule is CCC(C)Oc1cc(OCC(C)(Cl)Cl)ncn1. The molecule has 0 N–H and O–H groups in total. The summed E-state index contributed by atoms with van der Waals surface area (Å²) in [5, 5.41) is 0. The Balaban J connectivity index is 2.60. The van der Waals surface area contributed by atoms with E-state index in [0.29, 0.717) is 11.8 Å². The summed E-state index contributed by atoms with van der Waals surface area (Å²) < 4.78 is 9.93. The quantitative estimate of drug-likeness (QED) is 0.750. The van der Waals surface area contributed by atoms with Crippen molar-refractivity contribution in [3.05, 3.63) is 12.4 Å². The van der Waals surface area contributed by atoms with Gasteiger partial charge < -0.3 is 9.47 Å². The van der Waals surface area contributed by atoms with Crippen molar-refractivity contribution in [2.24, 2.45) is 0 Å². The lowest BCUT2D eigenvalue weighted by Gasteiger charge is -2.15. The third-order valence-electron chi connectivity index (χ3n) is 1.99. The number of halogens is 2. The number of rotatable bonds is 6. The normalized spacial score (nSPS) is 13.2. The summed E-state index contributed by atoms with van der Waals surface area (Å²) in [7, 11) is 0. The molecule has 0 fully saturated rings. The Kier molecular flexibility index (Phi) is 5.28. The minimum atomic E-state index is -0.942. The van der Waals surface area contributed by atoms with E-state index in [4.69, 9.17) is 32.7 Å². The van der Waals surface area contributed by atoms with E-state index in [1.54, 1.807) is 13.0 Å². The molecular weight excluding hydrogens is 263 g/mol. The molecule has 17 heavy (non-hydrogen) atoms. The average molecular weight is 279 g/mol. The van der Waals surface area contributed by atoms with Crippen molar-refractivity contribution >= 4 is 23.2 Å². The molecule has 0 aromatic carbocycles. The maximum absolute atomic E-state index is 5.80. The molecular formula is C11H16Cl2N2O2. The lowest BCUT2D eigenvalue weighted by atomic mass is 10.3. The van der Waals surface area contributed by atoms with Crippen molar-refractivity contribution in [3.63, 3.8) is 0 Å². The molecule has 0 bridgehead atoms. The molecule has 0 amide bonds. The van der Waals surface area contributed by atoms with Crippen molar-refractivity contribution < 1.29 is 9.47 Å². The van der Waals surface area contributed by atoms with E-state index in [1.807, 2.05) is 13.8 Å². The maximum Gasteiger partial charge on any atom is 0.220 e. The summed E-state index contributed by atoms with van der Waals surface area (Å²) in [5.41, 5.74) is 0. The van der Waals surface area contributed by atoms with Crippen molar-refractivity contribution in [2.75, 3.05) is 6.61 Å². The van der Waals surface area contributed by atoms with Gasteiger partial charge in [0.2, 0.25) is 11.8 Å². The van der Waals surface area contributed by atoms with Gasteiger partial charge in [-0.1, -0.05) is 30.1 Å². The van der Waals surface area contributed by atoms with Gasteiger partial charge in [0.25, 0.3) is 0 Å². The Labute approximate surface area is 111 Å². The van der Waals surface area contributed by atoms with Crippen LogP contribution >= 0.6 is 23.2 Å². The summed E-state index contributed by atoms with van der Waals surface area (Å²) in [6.07, 6.45) is 2.39. The smallest absolute Gasteiger partial charge is 0.220 e. The first-order valence-corrected chi connectivity index (χ1v) is 6.15. The Bertz CT molecular complexity index is 356. The Morgan fingerprint density at radius 2 is 2.00 bits per heavy atom. The van der Waals surface area contributed by atoms with Crippen LogP contribution in [-0.4, -0.2) is 27.0 Å². The largest absolute Gasteiger partial charge is 0.474 e. The van der Waals surface area contributed by atoms with Gasteiger partial charge in [0.1, 0.15) is 17.3 Å². The Morgan fingerprint density at radius 1 is 1.35 bits per heavy atom. The van der Waals surface area contributed by atoms with Crippen LogP contribution < -0.4 is 9.47 Å². The first kappa shape index (κ1) is 14.3. The predicted octanol–water partition coefficient (Wildman–Crippen LogP) is 3.23. The minimum Gasteiger partial charge on any atom is -0.474 e. The summed E-state index contributed by atoms with van der Waals surface area (Å²) >= 11 is 11.6. The fourth-order valence-corrected chi connectivity index (χ4v) is 1.07. The molecule has 0 saturated heterocycles. The van der Waals surface area contributed by atoms with Crippen molar-refractivity contribution in [3.8, 4) is 11.8 Å². The Morgan fingerprint density at radius 3 is 2.59 bits per heavy atom. The molecule has 1 heterocycles. The highest BCUT2D eigenvalue weighted by Gasteiger charge is 2.17. The molecule has 1 rings (SSSR count). The van der Waals surface area contributed by atoms with Crippen LogP contribution in [0.25, 0.3) is 0 Å². The average Bonchev–Trinajstić information content (AvgIpc) is 2.26. The third kappa shape index (κ3) is 5.94. The van der Waals surface area contributed by atoms with Gasteiger partial charge in [0, 0.05) is 0 Å². The van der Waals surface area contributed by atoms with Gasteiger partial charge in [0.05, 0.1) is 12.2 Å². The summed E-state index contributed by atoms with van der Waals surface area (Å²) in [5.74, 6) is 0.876. The van der Waals surface area contributed by atoms with Crippen LogP contribution in [0.1, 0.15) is 27.2 Å². The van der Waals surface area contributed by atoms with Gasteiger partial charge in [-0.2, -0.15) is 0 Å². The summed E-state index contributed by atoms with van der Waals surface area (Å²) in [4.78, 5) is 7.94. The van der Waals surface area contributed by atoms with E-state index in [1.165, 1.54) is 6.33 Å². The molecule has 0 saturated carbocycles. The number of aromatic nitrogens is 2. The molecule has 1 atom stereocenters. The van der Waals surface area contributed by atoms with E-state index in [-0.39, 0.29) is 12.7 Å². The van der Waals surface area contributed by atoms with Gasteiger partial charge in [-0.3, -0.25) is 0 Å². The monoisotopic (exact) mass is 278 g/mol. The van der Waals surface area contributed by atoms with Gasteiger partial charge in [-0.25, -0.2) is 9.97 Å². The molecule has 0 aliphatic rings. The van der Waals surface area contributed by atoms with E-state index < -0.39 is 4.33 Å². The van der Waals surface area contributed by atoms with E-state index >= 15 is 0 Å². The van der Waals surface area contributed by atoms with Gasteiger partial charge in [-0.05, 0) is 20.3 Å². The molecule has 0 aliphatic carbocycles. The molecule has 96 valence electrons. The van der Waals surface area contributed by atoms with E-state index in [9.17, 15) is 0 Å². The number of nitrogens with zero attached hydrogens (tertiary/aromatic N) is 2. The number of hydrogen-bond acceptors (Lipinski definition) is 4. The molecule has 0 aliphatic heterocycles. The number of ether oxygens (including phenoxy) is 2. The van der Waals surface area contributed by atoms with E-state index in [2.05, 4.69) is 9.97 Å². The zero-order valence-corrected chi connectivity index (χ0v) is 11.6. The maximum atomic E-state index is 5.80. The number of hydrogen-bond donors (Lipinski definition) is 0. The minimum absolute atomic E-state index is 0.101. The van der Waals surface area contributed by atoms with Crippen LogP contribution in [0.2, 0.25) is 0 Å². The first-order chi connectivity index (χ1) is 7.90. The standard InChI is InChI=1S/C11H16Cl2N2O2/c1-4-8(2)17-10-5-9(14-7-15-10)16-6-11(3,12)13/h5,7-8H,4,6H2,1-3H3. The fourth-order valence-electron chi connectivity index (χ4n) is 0.956. The second kappa shape index (κ2) is 6.26. The molecule has 0 radical (unpaired) electrons. The van der Waals surface area contributed by atoms with Gasteiger partial charge >= 0.3 is 0 Å². The van der Waals surface area contributed by atoms with E-state index in [0.717, 1.165) is 6.42 Å². The molecule has 1 aromatic rings. The lowest BCUT2D eigenvalue weighted by Crippen LogP contribution is -2.19. The number of alkyl halides is 2. The zero-order valence-electron chi connectivity index (χ0n) is 10.1. The van der Waals surface area contributed by atoms with Crippen LogP contribution in [0.15, 0.2) is 12.4 Å². The molecule has 6 heteroatoms. The Hall–Kier alpha value is -0.740. The highest BCUT2D eigenvalue weighted by atomic mass is 35.5. The molecule has 1 aromatic heterocycles. The van der Waals surface area contributed by atoms with Crippen LogP contribution in [-0.2, 0) is 0 Å². The van der Waals surface area contributed by atoms with Crippen LogP contribution in [0, 0.1) is 0 Å². The third-order valence-corrected chi connectivity index (χ3v) is 2.21. The van der Waals surface area contributed by atoms with Crippen LogP contribution in [0.5, 0.6) is 11.8 Å². The van der Waals surface area contributed by atoms with Gasteiger partial charge in [0.15, 0.2) is 0 Å². The van der Waals surface area contributed by atoms with Gasteiger partial charge in [-0.15, -0.1) is 0 Å². The van der Waals surface area contributed by atoms with Crippen molar-refractivity contribution in [2.45, 2.75) is 37.6 Å². The molecule has 4 nitrogen and oxygen atoms in total. The van der Waals surface area contributed by atoms with Crippen LogP contribution in [0.3, 0.4) is 0 Å². The highest BCUT2D eigenvalue weighted by molar-refractivity contribution is 6.48. The second-order valence-electron chi connectivity index (χ2n) is 3.89. The van der Waals surface area contributed by atoms with Crippen LogP contribution in [0.4, 0.5) is 0 Å². The fraction of sp³-hybridized carbons (Fsp3) is 0.636. The molecule has 1 unspecified atom stereocenters. The highest BCUT2D eigenvalue weighted by Crippen LogP contribution is 2.22. The summed E-state index contributed by atoms with van der Waals surface area (Å²) in [6.45, 7) is 5.80. The first-order valence-electron chi connectivity index (χ1n) is 5.40. The van der Waals surface area contributed by atoms with Crippen molar-refractivity contribution in [1.29, 1.82) is 0 Å².